The van der Waals surface area contributed by atoms with Crippen molar-refractivity contribution in [3.8, 4) is 17.2 Å². The molecule has 2 heterocycles. The number of Topliss-reactive ketones (excluding diaryl/α,β-unsaturated/α-hetero) is 1. The molecule has 1 saturated heterocycles. The van der Waals surface area contributed by atoms with Crippen LogP contribution in [-0.2, 0) is 11.2 Å². The first-order chi connectivity index (χ1) is 11.8. The van der Waals surface area contributed by atoms with Gasteiger partial charge in [0.15, 0.2) is 5.78 Å². The minimum absolute atomic E-state index is 0.0643. The van der Waals surface area contributed by atoms with E-state index in [9.17, 15) is 10.1 Å². The van der Waals surface area contributed by atoms with Gasteiger partial charge in [-0.25, -0.2) is 0 Å². The second kappa shape index (κ2) is 7.89. The lowest BCUT2D eigenvalue weighted by Crippen LogP contribution is -2.41. The molecular formula is C19H21N3O2. The number of benzene rings is 1. The second-order valence-electron chi connectivity index (χ2n) is 6.31. The molecule has 0 saturated carbocycles. The Morgan fingerprint density at radius 1 is 1.33 bits per heavy atom. The number of nitrogens with one attached hydrogen (secondary N) is 1. The fourth-order valence-electron chi connectivity index (χ4n) is 3.14. The fourth-order valence-corrected chi connectivity index (χ4v) is 3.14. The summed E-state index contributed by atoms with van der Waals surface area (Å²) in [5.41, 5.74) is 3.01. The zero-order valence-electron chi connectivity index (χ0n) is 13.6. The largest absolute Gasteiger partial charge is 0.364 e. The van der Waals surface area contributed by atoms with Crippen LogP contribution in [-0.4, -0.2) is 23.5 Å². The van der Waals surface area contributed by atoms with Gasteiger partial charge in [0.2, 0.25) is 0 Å². The molecule has 3 rings (SSSR count). The molecule has 0 unspecified atom stereocenters. The number of nitriles is 1. The molecule has 2 aromatic rings. The maximum absolute atomic E-state index is 12.3. The minimum atomic E-state index is -0.275. The Balaban J connectivity index is 1.58. The molecule has 0 bridgehead atoms. The van der Waals surface area contributed by atoms with E-state index in [2.05, 4.69) is 16.5 Å². The Bertz CT molecular complexity index is 695. The highest BCUT2D eigenvalue weighted by molar-refractivity contribution is 5.84. The van der Waals surface area contributed by atoms with Crippen molar-refractivity contribution >= 4 is 5.78 Å². The van der Waals surface area contributed by atoms with Crippen molar-refractivity contribution in [2.24, 2.45) is 5.92 Å². The van der Waals surface area contributed by atoms with Crippen LogP contribution >= 0.6 is 0 Å². The molecule has 1 aliphatic rings. The van der Waals surface area contributed by atoms with Crippen LogP contribution in [0.2, 0.25) is 0 Å². The first-order valence-electron chi connectivity index (χ1n) is 8.40. The molecule has 2 atom stereocenters. The van der Waals surface area contributed by atoms with Gasteiger partial charge in [0, 0.05) is 12.0 Å². The number of carbonyl (C=O) groups is 1. The summed E-state index contributed by atoms with van der Waals surface area (Å²) < 4.78 is 4.85. The first kappa shape index (κ1) is 16.4. The molecule has 5 heteroatoms. The van der Waals surface area contributed by atoms with Crippen LogP contribution in [0.15, 0.2) is 41.2 Å². The zero-order valence-corrected chi connectivity index (χ0v) is 13.6. The molecule has 24 heavy (non-hydrogen) atoms. The van der Waals surface area contributed by atoms with Gasteiger partial charge in [0.05, 0.1) is 24.2 Å². The van der Waals surface area contributed by atoms with E-state index in [1.54, 1.807) is 12.5 Å². The average molecular weight is 323 g/mol. The third kappa shape index (κ3) is 4.09. The lowest BCUT2D eigenvalue weighted by atomic mass is 9.90. The van der Waals surface area contributed by atoms with Crippen LogP contribution in [0, 0.1) is 17.2 Å². The summed E-state index contributed by atoms with van der Waals surface area (Å²) in [6.07, 6.45) is 7.30. The Kier molecular flexibility index (Phi) is 5.39. The van der Waals surface area contributed by atoms with Crippen molar-refractivity contribution in [3.05, 3.63) is 42.3 Å². The third-order valence-electron chi connectivity index (χ3n) is 4.53. The van der Waals surface area contributed by atoms with Crippen LogP contribution in [0.25, 0.3) is 11.1 Å². The third-order valence-corrected chi connectivity index (χ3v) is 4.53. The highest BCUT2D eigenvalue weighted by Crippen LogP contribution is 2.21. The Hall–Kier alpha value is -2.45. The fraction of sp³-hybridized carbons (Fsp3) is 0.421. The van der Waals surface area contributed by atoms with E-state index in [4.69, 9.17) is 4.52 Å². The number of nitrogens with zero attached hydrogens (tertiary/aromatic N) is 2. The highest BCUT2D eigenvalue weighted by atomic mass is 16.5. The van der Waals surface area contributed by atoms with Gasteiger partial charge in [-0.2, -0.15) is 5.26 Å². The lowest BCUT2D eigenvalue weighted by molar-refractivity contribution is -0.122. The molecule has 1 aliphatic heterocycles. The molecule has 0 radical (unpaired) electrons. The summed E-state index contributed by atoms with van der Waals surface area (Å²) in [5, 5.41) is 16.4. The molecule has 0 spiro atoms. The van der Waals surface area contributed by atoms with E-state index in [-0.39, 0.29) is 17.7 Å². The van der Waals surface area contributed by atoms with E-state index in [1.807, 2.05) is 24.3 Å². The number of ketones is 1. The number of hydrogen-bond acceptors (Lipinski definition) is 5. The number of aromatic nitrogens is 1. The molecule has 1 fully saturated rings. The molecule has 1 aromatic heterocycles. The average Bonchev–Trinajstić information content (AvgIpc) is 3.17. The molecule has 5 nitrogen and oxygen atoms in total. The van der Waals surface area contributed by atoms with Gasteiger partial charge in [-0.1, -0.05) is 35.8 Å². The van der Waals surface area contributed by atoms with Crippen LogP contribution in [0.4, 0.5) is 0 Å². The maximum atomic E-state index is 12.3. The van der Waals surface area contributed by atoms with E-state index < -0.39 is 0 Å². The van der Waals surface area contributed by atoms with Crippen molar-refractivity contribution in [2.45, 2.75) is 38.1 Å². The quantitative estimate of drug-likeness (QED) is 0.883. The SMILES string of the molecule is N#C[C@@H](CC(=O)[C@@H]1CCCCN1)Cc1ccc(-c2cnoc2)cc1. The first-order valence-corrected chi connectivity index (χ1v) is 8.40. The maximum Gasteiger partial charge on any atom is 0.151 e. The van der Waals surface area contributed by atoms with E-state index in [0.29, 0.717) is 12.8 Å². The molecule has 0 amide bonds. The van der Waals surface area contributed by atoms with Crippen LogP contribution < -0.4 is 5.32 Å². The molecule has 0 aliphatic carbocycles. The number of piperidine rings is 1. The summed E-state index contributed by atoms with van der Waals surface area (Å²) >= 11 is 0. The topological polar surface area (TPSA) is 78.9 Å². The second-order valence-corrected chi connectivity index (χ2v) is 6.31. The van der Waals surface area contributed by atoms with Crippen LogP contribution in [0.1, 0.15) is 31.2 Å². The van der Waals surface area contributed by atoms with E-state index >= 15 is 0 Å². The molecule has 124 valence electrons. The Morgan fingerprint density at radius 3 is 2.79 bits per heavy atom. The van der Waals surface area contributed by atoms with Gasteiger partial charge in [-0.3, -0.25) is 4.79 Å². The van der Waals surface area contributed by atoms with Crippen molar-refractivity contribution < 1.29 is 9.32 Å². The van der Waals surface area contributed by atoms with Gasteiger partial charge in [0.25, 0.3) is 0 Å². The van der Waals surface area contributed by atoms with E-state index in [1.165, 1.54) is 0 Å². The highest BCUT2D eigenvalue weighted by Gasteiger charge is 2.23. The number of hydrogen-bond donors (Lipinski definition) is 1. The van der Waals surface area contributed by atoms with Crippen LogP contribution in [0.3, 0.4) is 0 Å². The molecule has 1 N–H and O–H groups in total. The summed E-state index contributed by atoms with van der Waals surface area (Å²) in [4.78, 5) is 12.3. The van der Waals surface area contributed by atoms with Gasteiger partial charge in [0.1, 0.15) is 6.26 Å². The predicted molar refractivity (Wildman–Crippen MR) is 90.0 cm³/mol. The summed E-state index contributed by atoms with van der Waals surface area (Å²) in [7, 11) is 0. The number of carbonyl (C=O) groups excluding carboxylic acids is 1. The standard InChI is InChI=1S/C19H21N3O2/c20-11-15(10-19(23)18-3-1-2-8-21-18)9-14-4-6-16(7-5-14)17-12-22-24-13-17/h4-7,12-13,15,18,21H,1-3,8-10H2/t15-,18+/m1/s1. The van der Waals surface area contributed by atoms with Crippen LogP contribution in [0.5, 0.6) is 0 Å². The summed E-state index contributed by atoms with van der Waals surface area (Å²) in [5.74, 6) is -0.106. The van der Waals surface area contributed by atoms with Crippen molar-refractivity contribution in [1.82, 2.24) is 10.5 Å². The van der Waals surface area contributed by atoms with Gasteiger partial charge < -0.3 is 9.84 Å². The normalized spacial score (nSPS) is 18.7. The molecular weight excluding hydrogens is 302 g/mol. The molecule has 1 aromatic carbocycles. The van der Waals surface area contributed by atoms with Crippen molar-refractivity contribution in [3.63, 3.8) is 0 Å². The van der Waals surface area contributed by atoms with Gasteiger partial charge in [-0.15, -0.1) is 0 Å². The van der Waals surface area contributed by atoms with Crippen molar-refractivity contribution in [2.75, 3.05) is 6.54 Å². The zero-order chi connectivity index (χ0) is 16.8. The summed E-state index contributed by atoms with van der Waals surface area (Å²) in [6.45, 7) is 0.901. The van der Waals surface area contributed by atoms with E-state index in [0.717, 1.165) is 42.5 Å². The monoisotopic (exact) mass is 323 g/mol. The lowest BCUT2D eigenvalue weighted by Gasteiger charge is -2.23. The smallest absolute Gasteiger partial charge is 0.151 e. The van der Waals surface area contributed by atoms with Crippen molar-refractivity contribution in [1.29, 1.82) is 5.26 Å². The Labute approximate surface area is 141 Å². The number of rotatable bonds is 6. The van der Waals surface area contributed by atoms with Gasteiger partial charge >= 0.3 is 0 Å². The van der Waals surface area contributed by atoms with Gasteiger partial charge in [-0.05, 0) is 36.9 Å². The Morgan fingerprint density at radius 2 is 2.17 bits per heavy atom. The summed E-state index contributed by atoms with van der Waals surface area (Å²) in [6, 6.07) is 10.2. The minimum Gasteiger partial charge on any atom is -0.364 e. The predicted octanol–water partition coefficient (Wildman–Crippen LogP) is 3.13.